The summed E-state index contributed by atoms with van der Waals surface area (Å²) in [5, 5.41) is 3.07. The maximum absolute atomic E-state index is 13.0. The molecule has 33 heavy (non-hydrogen) atoms. The molecule has 1 amide bonds. The van der Waals surface area contributed by atoms with Gasteiger partial charge in [-0.05, 0) is 72.7 Å². The summed E-state index contributed by atoms with van der Waals surface area (Å²) in [7, 11) is 0. The third-order valence-electron chi connectivity index (χ3n) is 6.00. The quantitative estimate of drug-likeness (QED) is 0.351. The maximum atomic E-state index is 13.0. The largest absolute Gasteiger partial charge is 0.325 e. The van der Waals surface area contributed by atoms with Gasteiger partial charge in [0.05, 0.1) is 11.0 Å². The number of imidazole rings is 1. The minimum Gasteiger partial charge on any atom is -0.325 e. The van der Waals surface area contributed by atoms with Crippen LogP contribution in [-0.2, 0) is 17.8 Å². The molecule has 1 N–H and O–H groups in total. The third-order valence-corrected chi connectivity index (χ3v) is 6.00. The Morgan fingerprint density at radius 1 is 0.939 bits per heavy atom. The molecular formula is C29H33N3O. The van der Waals surface area contributed by atoms with E-state index in [0.717, 1.165) is 40.1 Å². The van der Waals surface area contributed by atoms with Crippen molar-refractivity contribution in [2.24, 2.45) is 5.92 Å². The van der Waals surface area contributed by atoms with E-state index in [1.54, 1.807) is 0 Å². The Hall–Kier alpha value is -3.40. The van der Waals surface area contributed by atoms with Gasteiger partial charge in [0.2, 0.25) is 5.91 Å². The Kier molecular flexibility index (Phi) is 6.64. The van der Waals surface area contributed by atoms with E-state index >= 15 is 0 Å². The number of fused-ring (bicyclic) bond motifs is 1. The van der Waals surface area contributed by atoms with Crippen LogP contribution in [0.4, 0.5) is 5.69 Å². The zero-order chi connectivity index (χ0) is 23.5. The summed E-state index contributed by atoms with van der Waals surface area (Å²) < 4.78 is 2.06. The molecule has 1 heterocycles. The van der Waals surface area contributed by atoms with Crippen molar-refractivity contribution >= 4 is 22.6 Å². The van der Waals surface area contributed by atoms with Crippen LogP contribution in [0, 0.1) is 19.8 Å². The van der Waals surface area contributed by atoms with Gasteiger partial charge in [0.1, 0.15) is 12.4 Å². The van der Waals surface area contributed by atoms with Crippen LogP contribution in [0.2, 0.25) is 0 Å². The highest BCUT2D eigenvalue weighted by atomic mass is 16.1. The molecule has 1 unspecified atom stereocenters. The number of carbonyl (C=O) groups is 1. The van der Waals surface area contributed by atoms with Crippen LogP contribution < -0.4 is 5.32 Å². The fourth-order valence-electron chi connectivity index (χ4n) is 4.54. The number of benzene rings is 3. The van der Waals surface area contributed by atoms with Gasteiger partial charge < -0.3 is 9.88 Å². The van der Waals surface area contributed by atoms with E-state index in [-0.39, 0.29) is 18.4 Å². The van der Waals surface area contributed by atoms with Crippen LogP contribution in [0.3, 0.4) is 0 Å². The van der Waals surface area contributed by atoms with Gasteiger partial charge in [0.25, 0.3) is 0 Å². The zero-order valence-corrected chi connectivity index (χ0v) is 20.2. The topological polar surface area (TPSA) is 46.9 Å². The molecule has 4 nitrogen and oxygen atoms in total. The summed E-state index contributed by atoms with van der Waals surface area (Å²) in [5.74, 6) is 1.56. The summed E-state index contributed by atoms with van der Waals surface area (Å²) in [6.07, 6.45) is 1.08. The molecule has 0 aliphatic heterocycles. The van der Waals surface area contributed by atoms with Gasteiger partial charge in [0, 0.05) is 11.6 Å². The van der Waals surface area contributed by atoms with Crippen LogP contribution in [0.25, 0.3) is 11.0 Å². The first-order chi connectivity index (χ1) is 15.8. The lowest BCUT2D eigenvalue weighted by atomic mass is 9.96. The number of para-hydroxylation sites is 2. The van der Waals surface area contributed by atoms with Crippen molar-refractivity contribution in [3.05, 3.63) is 94.8 Å². The highest BCUT2D eigenvalue weighted by molar-refractivity contribution is 5.92. The monoisotopic (exact) mass is 439 g/mol. The van der Waals surface area contributed by atoms with Crippen molar-refractivity contribution in [1.29, 1.82) is 0 Å². The van der Waals surface area contributed by atoms with Crippen molar-refractivity contribution in [3.8, 4) is 0 Å². The van der Waals surface area contributed by atoms with Crippen molar-refractivity contribution < 1.29 is 4.79 Å². The SMILES string of the molecule is Cc1cc(C)cc(NC(=O)Cn2c(C(C)c3ccc(CC(C)C)cc3)nc3ccccc32)c1. The van der Waals surface area contributed by atoms with E-state index in [9.17, 15) is 4.79 Å². The molecule has 0 aliphatic rings. The number of nitrogens with one attached hydrogen (secondary N) is 1. The standard InChI is InChI=1S/C29H33N3O/c1-19(2)14-23-10-12-24(13-11-23)22(5)29-31-26-8-6-7-9-27(26)32(29)18-28(33)30-25-16-20(3)15-21(4)17-25/h6-13,15-17,19,22H,14,18H2,1-5H3,(H,30,33). The smallest absolute Gasteiger partial charge is 0.244 e. The van der Waals surface area contributed by atoms with Crippen LogP contribution in [0.5, 0.6) is 0 Å². The molecule has 0 spiro atoms. The number of hydrogen-bond donors (Lipinski definition) is 1. The molecule has 0 bridgehead atoms. The molecular weight excluding hydrogens is 406 g/mol. The van der Waals surface area contributed by atoms with Crippen molar-refractivity contribution in [2.75, 3.05) is 5.32 Å². The third kappa shape index (κ3) is 5.33. The Labute approximate surface area is 196 Å². The van der Waals surface area contributed by atoms with E-state index < -0.39 is 0 Å². The van der Waals surface area contributed by atoms with Gasteiger partial charge in [-0.3, -0.25) is 4.79 Å². The fourth-order valence-corrected chi connectivity index (χ4v) is 4.54. The van der Waals surface area contributed by atoms with Gasteiger partial charge in [-0.25, -0.2) is 4.98 Å². The molecule has 0 saturated carbocycles. The number of anilines is 1. The Morgan fingerprint density at radius 3 is 2.27 bits per heavy atom. The second kappa shape index (κ2) is 9.62. The second-order valence-corrected chi connectivity index (χ2v) is 9.53. The Bertz CT molecular complexity index is 1250. The molecule has 1 atom stereocenters. The number of amides is 1. The number of aromatic nitrogens is 2. The molecule has 0 radical (unpaired) electrons. The highest BCUT2D eigenvalue weighted by Gasteiger charge is 2.20. The van der Waals surface area contributed by atoms with Crippen molar-refractivity contribution in [1.82, 2.24) is 9.55 Å². The van der Waals surface area contributed by atoms with Gasteiger partial charge >= 0.3 is 0 Å². The molecule has 1 aromatic heterocycles. The molecule has 0 aliphatic carbocycles. The molecule has 4 heteroatoms. The molecule has 4 rings (SSSR count). The summed E-state index contributed by atoms with van der Waals surface area (Å²) in [6, 6.07) is 23.0. The van der Waals surface area contributed by atoms with Crippen LogP contribution in [0.15, 0.2) is 66.7 Å². The van der Waals surface area contributed by atoms with E-state index in [0.29, 0.717) is 5.92 Å². The minimum absolute atomic E-state index is 0.0520. The predicted molar refractivity (Wildman–Crippen MR) is 137 cm³/mol. The zero-order valence-electron chi connectivity index (χ0n) is 20.2. The summed E-state index contributed by atoms with van der Waals surface area (Å²) in [6.45, 7) is 10.9. The first-order valence-corrected chi connectivity index (χ1v) is 11.7. The molecule has 170 valence electrons. The van der Waals surface area contributed by atoms with E-state index in [2.05, 4.69) is 61.0 Å². The number of rotatable bonds is 7. The van der Waals surface area contributed by atoms with Crippen LogP contribution >= 0.6 is 0 Å². The van der Waals surface area contributed by atoms with Gasteiger partial charge in [-0.1, -0.05) is 63.2 Å². The summed E-state index contributed by atoms with van der Waals surface area (Å²) >= 11 is 0. The first-order valence-electron chi connectivity index (χ1n) is 11.7. The lowest BCUT2D eigenvalue weighted by Gasteiger charge is -2.16. The van der Waals surface area contributed by atoms with Gasteiger partial charge in [0.15, 0.2) is 0 Å². The molecule has 0 fully saturated rings. The van der Waals surface area contributed by atoms with Crippen molar-refractivity contribution in [3.63, 3.8) is 0 Å². The molecule has 3 aromatic carbocycles. The van der Waals surface area contributed by atoms with E-state index in [1.807, 2.05) is 50.2 Å². The summed E-state index contributed by atoms with van der Waals surface area (Å²) in [4.78, 5) is 18.0. The molecule has 0 saturated heterocycles. The minimum atomic E-state index is -0.0520. The number of nitrogens with zero attached hydrogens (tertiary/aromatic N) is 2. The van der Waals surface area contributed by atoms with Crippen molar-refractivity contribution in [2.45, 2.75) is 53.5 Å². The normalized spacial score (nSPS) is 12.3. The predicted octanol–water partition coefficient (Wildman–Crippen LogP) is 6.64. The first kappa shape index (κ1) is 22.8. The van der Waals surface area contributed by atoms with E-state index in [1.165, 1.54) is 11.1 Å². The Morgan fingerprint density at radius 2 is 1.61 bits per heavy atom. The number of hydrogen-bond acceptors (Lipinski definition) is 2. The highest BCUT2D eigenvalue weighted by Crippen LogP contribution is 2.28. The lowest BCUT2D eigenvalue weighted by Crippen LogP contribution is -2.21. The fraction of sp³-hybridized carbons (Fsp3) is 0.310. The molecule has 4 aromatic rings. The Balaban J connectivity index is 1.63. The van der Waals surface area contributed by atoms with Crippen LogP contribution in [0.1, 0.15) is 54.8 Å². The van der Waals surface area contributed by atoms with E-state index in [4.69, 9.17) is 4.98 Å². The maximum Gasteiger partial charge on any atom is 0.244 e. The summed E-state index contributed by atoms with van der Waals surface area (Å²) in [5.41, 5.74) is 7.54. The number of carbonyl (C=O) groups excluding carboxylic acids is 1. The number of aryl methyl sites for hydroxylation is 2. The van der Waals surface area contributed by atoms with Gasteiger partial charge in [-0.2, -0.15) is 0 Å². The average molecular weight is 440 g/mol. The lowest BCUT2D eigenvalue weighted by molar-refractivity contribution is -0.116. The second-order valence-electron chi connectivity index (χ2n) is 9.53. The van der Waals surface area contributed by atoms with Gasteiger partial charge in [-0.15, -0.1) is 0 Å². The average Bonchev–Trinajstić information content (AvgIpc) is 3.11. The van der Waals surface area contributed by atoms with Crippen LogP contribution in [-0.4, -0.2) is 15.5 Å².